The highest BCUT2D eigenvalue weighted by Crippen LogP contribution is 2.03. The summed E-state index contributed by atoms with van der Waals surface area (Å²) in [7, 11) is 1.82. The molecule has 0 radical (unpaired) electrons. The summed E-state index contributed by atoms with van der Waals surface area (Å²) < 4.78 is 0. The van der Waals surface area contributed by atoms with Gasteiger partial charge in [-0.3, -0.25) is 10.1 Å². The maximum Gasteiger partial charge on any atom is 0.236 e. The van der Waals surface area contributed by atoms with Gasteiger partial charge in [-0.05, 0) is 13.2 Å². The van der Waals surface area contributed by atoms with E-state index in [2.05, 4.69) is 11.2 Å². The molecule has 0 aromatic heterocycles. The first-order chi connectivity index (χ1) is 6.63. The molecule has 0 saturated heterocycles. The van der Waals surface area contributed by atoms with E-state index in [1.807, 2.05) is 20.2 Å². The first-order valence-corrected chi connectivity index (χ1v) is 5.91. The Morgan fingerprint density at radius 2 is 2.36 bits per heavy atom. The highest BCUT2D eigenvalue weighted by Gasteiger charge is 2.13. The predicted octanol–water partition coefficient (Wildman–Crippen LogP) is 0.419. The summed E-state index contributed by atoms with van der Waals surface area (Å²) in [6.07, 6.45) is 7.09. The number of likely N-dealkylation sites (N-methyl/N-ethyl adjacent to an activating group) is 1. The first kappa shape index (κ1) is 13.3. The molecule has 0 fully saturated rings. The molecule has 0 rings (SSSR count). The molecule has 0 saturated carbocycles. The number of hydrogen-bond acceptors (Lipinski definition) is 3. The Hall–Kier alpha value is -0.660. The number of nitrogens with zero attached hydrogens (tertiary/aromatic N) is 1. The van der Waals surface area contributed by atoms with Crippen LogP contribution in [-0.4, -0.2) is 49.0 Å². The van der Waals surface area contributed by atoms with Crippen molar-refractivity contribution < 1.29 is 4.79 Å². The lowest BCUT2D eigenvalue weighted by Gasteiger charge is -2.24. The quantitative estimate of drug-likeness (QED) is 0.514. The van der Waals surface area contributed by atoms with Crippen LogP contribution < -0.4 is 5.32 Å². The molecule has 0 bridgehead atoms. The third-order valence-electron chi connectivity index (χ3n) is 1.97. The van der Waals surface area contributed by atoms with Gasteiger partial charge in [0.25, 0.3) is 0 Å². The zero-order valence-corrected chi connectivity index (χ0v) is 9.86. The van der Waals surface area contributed by atoms with Crippen LogP contribution in [0.2, 0.25) is 0 Å². The van der Waals surface area contributed by atoms with E-state index in [1.165, 1.54) is 0 Å². The molecule has 0 aromatic carbocycles. The van der Waals surface area contributed by atoms with Crippen molar-refractivity contribution in [3.8, 4) is 12.3 Å². The summed E-state index contributed by atoms with van der Waals surface area (Å²) in [5.41, 5.74) is 0. The molecule has 0 aliphatic heterocycles. The Balaban J connectivity index is 3.81. The van der Waals surface area contributed by atoms with E-state index >= 15 is 0 Å². The van der Waals surface area contributed by atoms with Crippen LogP contribution in [0.1, 0.15) is 6.92 Å². The van der Waals surface area contributed by atoms with Crippen molar-refractivity contribution in [1.29, 1.82) is 0 Å². The summed E-state index contributed by atoms with van der Waals surface area (Å²) in [5.74, 6) is 3.47. The van der Waals surface area contributed by atoms with Crippen LogP contribution in [0.4, 0.5) is 0 Å². The average Bonchev–Trinajstić information content (AvgIpc) is 2.17. The van der Waals surface area contributed by atoms with E-state index in [0.717, 1.165) is 5.75 Å². The molecule has 0 aliphatic carbocycles. The predicted molar refractivity (Wildman–Crippen MR) is 62.3 cm³/mol. The smallest absolute Gasteiger partial charge is 0.236 e. The molecule has 14 heavy (non-hydrogen) atoms. The fourth-order valence-electron chi connectivity index (χ4n) is 0.965. The third kappa shape index (κ3) is 5.15. The van der Waals surface area contributed by atoms with Gasteiger partial charge in [-0.15, -0.1) is 6.42 Å². The van der Waals surface area contributed by atoms with Gasteiger partial charge in [0.05, 0.1) is 13.1 Å². The molecular formula is C10H18N2OS. The minimum absolute atomic E-state index is 0.0850. The van der Waals surface area contributed by atoms with Gasteiger partial charge < -0.3 is 4.90 Å². The molecule has 1 atom stereocenters. The van der Waals surface area contributed by atoms with Gasteiger partial charge in [0.15, 0.2) is 0 Å². The minimum atomic E-state index is 0.0850. The van der Waals surface area contributed by atoms with Crippen LogP contribution in [0, 0.1) is 12.3 Å². The standard InChI is InChI=1S/C10H18N2OS/c1-5-6-11-7-10(13)12(3)9(2)8-14-4/h1,9,11H,6-8H2,2-4H3. The van der Waals surface area contributed by atoms with Crippen molar-refractivity contribution >= 4 is 17.7 Å². The van der Waals surface area contributed by atoms with Gasteiger partial charge in [-0.25, -0.2) is 0 Å². The fraction of sp³-hybridized carbons (Fsp3) is 0.700. The Morgan fingerprint density at radius 1 is 1.71 bits per heavy atom. The maximum absolute atomic E-state index is 11.5. The van der Waals surface area contributed by atoms with Crippen LogP contribution in [0.3, 0.4) is 0 Å². The second-order valence-electron chi connectivity index (χ2n) is 3.12. The van der Waals surface area contributed by atoms with Gasteiger partial charge in [-0.1, -0.05) is 5.92 Å². The molecule has 0 aromatic rings. The monoisotopic (exact) mass is 214 g/mol. The number of amides is 1. The van der Waals surface area contributed by atoms with E-state index in [9.17, 15) is 4.79 Å². The highest BCUT2D eigenvalue weighted by atomic mass is 32.2. The third-order valence-corrected chi connectivity index (χ3v) is 2.78. The van der Waals surface area contributed by atoms with Crippen LogP contribution in [0.5, 0.6) is 0 Å². The maximum atomic E-state index is 11.5. The summed E-state index contributed by atoms with van der Waals surface area (Å²) in [4.78, 5) is 13.3. The fourth-order valence-corrected chi connectivity index (χ4v) is 1.67. The van der Waals surface area contributed by atoms with Crippen molar-refractivity contribution in [2.75, 3.05) is 32.1 Å². The number of terminal acetylenes is 1. The lowest BCUT2D eigenvalue weighted by Crippen LogP contribution is -2.41. The number of rotatable bonds is 6. The zero-order valence-electron chi connectivity index (χ0n) is 9.04. The lowest BCUT2D eigenvalue weighted by molar-refractivity contribution is -0.130. The highest BCUT2D eigenvalue weighted by molar-refractivity contribution is 7.98. The summed E-state index contributed by atoms with van der Waals surface area (Å²) in [6.45, 7) is 2.80. The van der Waals surface area contributed by atoms with Crippen molar-refractivity contribution in [3.05, 3.63) is 0 Å². The van der Waals surface area contributed by atoms with Gasteiger partial charge in [0, 0.05) is 18.8 Å². The van der Waals surface area contributed by atoms with Crippen LogP contribution >= 0.6 is 11.8 Å². The molecule has 1 unspecified atom stereocenters. The summed E-state index contributed by atoms with van der Waals surface area (Å²) in [5, 5.41) is 2.88. The molecule has 0 aliphatic rings. The molecule has 3 nitrogen and oxygen atoms in total. The average molecular weight is 214 g/mol. The van der Waals surface area contributed by atoms with E-state index in [0.29, 0.717) is 13.1 Å². The molecule has 1 N–H and O–H groups in total. The molecule has 1 amide bonds. The topological polar surface area (TPSA) is 32.3 Å². The van der Waals surface area contributed by atoms with Crippen LogP contribution in [0.25, 0.3) is 0 Å². The van der Waals surface area contributed by atoms with Gasteiger partial charge in [0.2, 0.25) is 5.91 Å². The van der Waals surface area contributed by atoms with Gasteiger partial charge in [0.1, 0.15) is 0 Å². The first-order valence-electron chi connectivity index (χ1n) is 4.52. The van der Waals surface area contributed by atoms with E-state index in [1.54, 1.807) is 16.7 Å². The molecule has 4 heteroatoms. The number of carbonyl (C=O) groups excluding carboxylic acids is 1. The number of thioether (sulfide) groups is 1. The summed E-state index contributed by atoms with van der Waals surface area (Å²) >= 11 is 1.74. The lowest BCUT2D eigenvalue weighted by atomic mass is 10.3. The minimum Gasteiger partial charge on any atom is -0.341 e. The van der Waals surface area contributed by atoms with Crippen LogP contribution in [-0.2, 0) is 4.79 Å². The Morgan fingerprint density at radius 3 is 2.86 bits per heavy atom. The Kier molecular flexibility index (Phi) is 7.35. The number of carbonyl (C=O) groups is 1. The van der Waals surface area contributed by atoms with Crippen LogP contribution in [0.15, 0.2) is 0 Å². The number of nitrogens with one attached hydrogen (secondary N) is 1. The van der Waals surface area contributed by atoms with Gasteiger partial charge >= 0.3 is 0 Å². The number of hydrogen-bond donors (Lipinski definition) is 1. The van der Waals surface area contributed by atoms with Crippen molar-refractivity contribution in [2.24, 2.45) is 0 Å². The Bertz CT molecular complexity index is 213. The Labute approximate surface area is 90.6 Å². The van der Waals surface area contributed by atoms with E-state index in [4.69, 9.17) is 6.42 Å². The second-order valence-corrected chi connectivity index (χ2v) is 4.03. The van der Waals surface area contributed by atoms with Crippen molar-refractivity contribution in [2.45, 2.75) is 13.0 Å². The summed E-state index contributed by atoms with van der Waals surface area (Å²) in [6, 6.07) is 0.269. The van der Waals surface area contributed by atoms with Gasteiger partial charge in [-0.2, -0.15) is 11.8 Å². The van der Waals surface area contributed by atoms with E-state index in [-0.39, 0.29) is 11.9 Å². The SMILES string of the molecule is C#CCNCC(=O)N(C)C(C)CSC. The second kappa shape index (κ2) is 7.72. The van der Waals surface area contributed by atoms with Crippen molar-refractivity contribution in [3.63, 3.8) is 0 Å². The molecule has 0 spiro atoms. The molecule has 0 heterocycles. The largest absolute Gasteiger partial charge is 0.341 e. The van der Waals surface area contributed by atoms with E-state index < -0.39 is 0 Å². The van der Waals surface area contributed by atoms with Crippen molar-refractivity contribution in [1.82, 2.24) is 10.2 Å². The normalized spacial score (nSPS) is 11.9. The molecule has 80 valence electrons. The molecular weight excluding hydrogens is 196 g/mol. The zero-order chi connectivity index (χ0) is 11.0.